The van der Waals surface area contributed by atoms with E-state index in [2.05, 4.69) is 10.0 Å². The second kappa shape index (κ2) is 10.7. The van der Waals surface area contributed by atoms with Crippen LogP contribution in [-0.4, -0.2) is 28.6 Å². The molecule has 0 atom stereocenters. The molecule has 9 nitrogen and oxygen atoms in total. The number of carbonyl (C=O) groups is 2. The Labute approximate surface area is 217 Å². The van der Waals surface area contributed by atoms with Crippen LogP contribution >= 0.6 is 0 Å². The highest BCUT2D eigenvalue weighted by Crippen LogP contribution is 2.26. The van der Waals surface area contributed by atoms with Crippen LogP contribution in [0.5, 0.6) is 0 Å². The number of carbonyl (C=O) groups excluding carboxylic acids is 2. The molecule has 0 aliphatic heterocycles. The third kappa shape index (κ3) is 7.64. The van der Waals surface area contributed by atoms with Crippen LogP contribution in [0.3, 0.4) is 0 Å². The Bertz CT molecular complexity index is 1510. The Hall–Kier alpha value is -3.70. The van der Waals surface area contributed by atoms with E-state index in [1.54, 1.807) is 31.2 Å². The van der Waals surface area contributed by atoms with E-state index in [1.165, 1.54) is 48.5 Å². The Morgan fingerprint density at radius 1 is 0.730 bits per heavy atom. The monoisotopic (exact) mass is 543 g/mol. The summed E-state index contributed by atoms with van der Waals surface area (Å²) in [6, 6.07) is 16.4. The van der Waals surface area contributed by atoms with Gasteiger partial charge in [-0.1, -0.05) is 62.7 Å². The first-order chi connectivity index (χ1) is 17.2. The molecule has 0 bridgehead atoms. The number of sulfonamides is 2. The van der Waals surface area contributed by atoms with Crippen molar-refractivity contribution in [1.82, 2.24) is 4.72 Å². The molecule has 0 spiro atoms. The molecule has 0 unspecified atom stereocenters. The van der Waals surface area contributed by atoms with Crippen molar-refractivity contribution in [2.24, 2.45) is 5.41 Å². The number of hydrogen-bond acceptors (Lipinski definition) is 6. The van der Waals surface area contributed by atoms with E-state index in [0.29, 0.717) is 12.0 Å². The topological polar surface area (TPSA) is 139 Å². The zero-order valence-electron chi connectivity index (χ0n) is 20.9. The number of anilines is 2. The molecule has 0 aliphatic carbocycles. The average molecular weight is 544 g/mol. The van der Waals surface area contributed by atoms with Gasteiger partial charge in [0.1, 0.15) is 0 Å². The normalized spacial score (nSPS) is 12.0. The molecule has 0 saturated carbocycles. The molecule has 3 aromatic carbocycles. The van der Waals surface area contributed by atoms with Crippen LogP contribution in [0.4, 0.5) is 16.2 Å². The number of amides is 2. The van der Waals surface area contributed by atoms with E-state index < -0.39 is 26.1 Å². The molecule has 0 fully saturated rings. The maximum atomic E-state index is 13.0. The van der Waals surface area contributed by atoms with Crippen LogP contribution in [0.25, 0.3) is 0 Å². The molecule has 0 saturated heterocycles. The van der Waals surface area contributed by atoms with Crippen molar-refractivity contribution in [3.05, 3.63) is 83.9 Å². The summed E-state index contributed by atoms with van der Waals surface area (Å²) < 4.78 is 55.2. The Kier molecular flexibility index (Phi) is 8.09. The summed E-state index contributed by atoms with van der Waals surface area (Å²) in [6.45, 7) is 7.63. The summed E-state index contributed by atoms with van der Waals surface area (Å²) in [4.78, 5) is 24.7. The highest BCUT2D eigenvalue weighted by Gasteiger charge is 2.21. The number of aryl methyl sites for hydroxylation is 1. The van der Waals surface area contributed by atoms with Gasteiger partial charge in [0, 0.05) is 12.0 Å². The highest BCUT2D eigenvalue weighted by molar-refractivity contribution is 7.92. The number of benzene rings is 3. The minimum Gasteiger partial charge on any atom is -0.305 e. The third-order valence-corrected chi connectivity index (χ3v) is 7.88. The van der Waals surface area contributed by atoms with Crippen LogP contribution in [-0.2, 0) is 20.0 Å². The van der Waals surface area contributed by atoms with Crippen molar-refractivity contribution in [3.8, 4) is 0 Å². The Balaban J connectivity index is 1.75. The summed E-state index contributed by atoms with van der Waals surface area (Å²) in [7, 11) is -8.22. The highest BCUT2D eigenvalue weighted by atomic mass is 32.2. The van der Waals surface area contributed by atoms with Crippen LogP contribution in [0.15, 0.2) is 82.6 Å². The first kappa shape index (κ1) is 27.9. The van der Waals surface area contributed by atoms with Gasteiger partial charge in [0.05, 0.1) is 21.2 Å². The van der Waals surface area contributed by atoms with Gasteiger partial charge in [-0.2, -0.15) is 0 Å². The van der Waals surface area contributed by atoms with Gasteiger partial charge in [-0.15, -0.1) is 0 Å². The zero-order chi connectivity index (χ0) is 27.4. The molecule has 196 valence electrons. The van der Waals surface area contributed by atoms with Crippen molar-refractivity contribution in [1.29, 1.82) is 0 Å². The molecule has 3 rings (SSSR count). The van der Waals surface area contributed by atoms with Gasteiger partial charge >= 0.3 is 6.03 Å². The van der Waals surface area contributed by atoms with Crippen molar-refractivity contribution >= 4 is 43.2 Å². The summed E-state index contributed by atoms with van der Waals surface area (Å²) in [5.41, 5.74) is 1.13. The standard InChI is InChI=1S/C26H29N3O6S2/c1-18-9-13-20(14-10-18)37(34,35)29-25(31)27-22-7-5-6-8-23(22)28-36(32,33)21-15-11-19(12-16-21)24(30)17-26(2,3)4/h5-16,28H,17H2,1-4H3,(H2,27,29,31). The second-order valence-corrected chi connectivity index (χ2v) is 13.1. The van der Waals surface area contributed by atoms with E-state index in [9.17, 15) is 26.4 Å². The number of para-hydroxylation sites is 2. The number of Topliss-reactive ketones (excluding diaryl/α,β-unsaturated/α-hetero) is 1. The fraction of sp³-hybridized carbons (Fsp3) is 0.231. The number of urea groups is 1. The van der Waals surface area contributed by atoms with Gasteiger partial charge in [-0.25, -0.2) is 26.4 Å². The summed E-state index contributed by atoms with van der Waals surface area (Å²) in [6.07, 6.45) is 0.318. The molecule has 2 amide bonds. The van der Waals surface area contributed by atoms with Crippen molar-refractivity contribution in [3.63, 3.8) is 0 Å². The summed E-state index contributed by atoms with van der Waals surface area (Å²) in [5, 5.41) is 2.37. The van der Waals surface area contributed by atoms with E-state index in [4.69, 9.17) is 0 Å². The first-order valence-corrected chi connectivity index (χ1v) is 14.3. The molecule has 11 heteroatoms. The lowest BCUT2D eigenvalue weighted by Gasteiger charge is -2.17. The van der Waals surface area contributed by atoms with E-state index in [1.807, 2.05) is 25.5 Å². The number of ketones is 1. The SMILES string of the molecule is Cc1ccc(S(=O)(=O)NC(=O)Nc2ccccc2NS(=O)(=O)c2ccc(C(=O)CC(C)(C)C)cc2)cc1. The van der Waals surface area contributed by atoms with E-state index >= 15 is 0 Å². The van der Waals surface area contributed by atoms with Gasteiger partial charge in [0.15, 0.2) is 5.78 Å². The molecule has 0 aromatic heterocycles. The first-order valence-electron chi connectivity index (χ1n) is 11.3. The second-order valence-electron chi connectivity index (χ2n) is 9.71. The Morgan fingerprint density at radius 2 is 1.24 bits per heavy atom. The van der Waals surface area contributed by atoms with Crippen molar-refractivity contribution in [2.45, 2.75) is 43.9 Å². The quantitative estimate of drug-likeness (QED) is 0.345. The van der Waals surface area contributed by atoms with Gasteiger partial charge in [-0.05, 0) is 48.7 Å². The molecule has 0 aliphatic rings. The lowest BCUT2D eigenvalue weighted by molar-refractivity contribution is 0.0939. The maximum Gasteiger partial charge on any atom is 0.333 e. The van der Waals surface area contributed by atoms with E-state index in [0.717, 1.165) is 5.56 Å². The van der Waals surface area contributed by atoms with Crippen LogP contribution in [0.2, 0.25) is 0 Å². The van der Waals surface area contributed by atoms with Gasteiger partial charge in [0.25, 0.3) is 20.0 Å². The fourth-order valence-corrected chi connectivity index (χ4v) is 5.32. The lowest BCUT2D eigenvalue weighted by atomic mass is 9.88. The maximum absolute atomic E-state index is 13.0. The summed E-state index contributed by atoms with van der Waals surface area (Å²) in [5.74, 6) is -0.0921. The fourth-order valence-electron chi connectivity index (χ4n) is 3.33. The van der Waals surface area contributed by atoms with Crippen LogP contribution < -0.4 is 14.8 Å². The molecule has 0 radical (unpaired) electrons. The predicted octanol–water partition coefficient (Wildman–Crippen LogP) is 4.93. The predicted molar refractivity (Wildman–Crippen MR) is 143 cm³/mol. The molecular weight excluding hydrogens is 514 g/mol. The average Bonchev–Trinajstić information content (AvgIpc) is 2.79. The van der Waals surface area contributed by atoms with Gasteiger partial charge in [0.2, 0.25) is 0 Å². The van der Waals surface area contributed by atoms with Crippen LogP contribution in [0, 0.1) is 12.3 Å². The van der Waals surface area contributed by atoms with Gasteiger partial charge in [-0.3, -0.25) is 9.52 Å². The number of rotatable bonds is 8. The largest absolute Gasteiger partial charge is 0.333 e. The molecule has 3 N–H and O–H groups in total. The van der Waals surface area contributed by atoms with Gasteiger partial charge < -0.3 is 5.32 Å². The minimum atomic E-state index is -4.14. The van der Waals surface area contributed by atoms with E-state index in [-0.39, 0.29) is 32.4 Å². The van der Waals surface area contributed by atoms with Crippen LogP contribution in [0.1, 0.15) is 43.1 Å². The zero-order valence-corrected chi connectivity index (χ0v) is 22.5. The smallest absolute Gasteiger partial charge is 0.305 e. The number of hydrogen-bond donors (Lipinski definition) is 3. The molecule has 0 heterocycles. The minimum absolute atomic E-state index is 0.0262. The Morgan fingerprint density at radius 3 is 1.81 bits per heavy atom. The van der Waals surface area contributed by atoms with Crippen molar-refractivity contribution in [2.75, 3.05) is 10.0 Å². The molecule has 37 heavy (non-hydrogen) atoms. The van der Waals surface area contributed by atoms with Crippen molar-refractivity contribution < 1.29 is 26.4 Å². The molecular formula is C26H29N3O6S2. The lowest BCUT2D eigenvalue weighted by Crippen LogP contribution is -2.34. The molecule has 3 aromatic rings. The third-order valence-electron chi connectivity index (χ3n) is 5.16. The number of nitrogens with one attached hydrogen (secondary N) is 3. The summed E-state index contributed by atoms with van der Waals surface area (Å²) >= 11 is 0.